The van der Waals surface area contributed by atoms with E-state index in [9.17, 15) is 9.59 Å². The van der Waals surface area contributed by atoms with Crippen LogP contribution in [0.25, 0.3) is 0 Å². The van der Waals surface area contributed by atoms with E-state index in [-0.39, 0.29) is 12.3 Å². The number of benzene rings is 1. The van der Waals surface area contributed by atoms with Crippen LogP contribution in [0.1, 0.15) is 47.2 Å². The van der Waals surface area contributed by atoms with Gasteiger partial charge in [0.05, 0.1) is 12.0 Å². The lowest BCUT2D eigenvalue weighted by Gasteiger charge is -2.41. The molecule has 0 aliphatic heterocycles. The van der Waals surface area contributed by atoms with E-state index >= 15 is 0 Å². The van der Waals surface area contributed by atoms with Crippen molar-refractivity contribution in [1.29, 1.82) is 0 Å². The number of aryl methyl sites for hydroxylation is 2. The quantitative estimate of drug-likeness (QED) is 0.874. The van der Waals surface area contributed by atoms with Gasteiger partial charge in [-0.05, 0) is 56.4 Å². The molecule has 2 N–H and O–H groups in total. The van der Waals surface area contributed by atoms with Gasteiger partial charge in [0.25, 0.3) is 5.91 Å². The molecule has 2 rings (SSSR count). The zero-order chi connectivity index (χ0) is 14.0. The number of rotatable bonds is 4. The molecule has 1 aliphatic carbocycles. The van der Waals surface area contributed by atoms with Gasteiger partial charge in [0, 0.05) is 5.56 Å². The molecule has 1 fully saturated rings. The smallest absolute Gasteiger partial charge is 0.305 e. The highest BCUT2D eigenvalue weighted by Gasteiger charge is 2.40. The normalized spacial score (nSPS) is 16.5. The maximum absolute atomic E-state index is 12.2. The fourth-order valence-electron chi connectivity index (χ4n) is 2.43. The van der Waals surface area contributed by atoms with E-state index in [4.69, 9.17) is 5.11 Å². The number of amides is 1. The van der Waals surface area contributed by atoms with E-state index in [0.29, 0.717) is 5.56 Å². The Bertz CT molecular complexity index is 518. The van der Waals surface area contributed by atoms with Crippen LogP contribution in [-0.4, -0.2) is 22.5 Å². The first-order valence-electron chi connectivity index (χ1n) is 6.53. The number of nitrogens with one attached hydrogen (secondary N) is 1. The van der Waals surface area contributed by atoms with Gasteiger partial charge in [0.2, 0.25) is 0 Å². The first-order valence-corrected chi connectivity index (χ1v) is 6.53. The maximum atomic E-state index is 12.2. The average Bonchev–Trinajstić information content (AvgIpc) is 2.29. The first kappa shape index (κ1) is 13.6. The van der Waals surface area contributed by atoms with E-state index in [1.165, 1.54) is 0 Å². The molecule has 4 nitrogen and oxygen atoms in total. The van der Waals surface area contributed by atoms with E-state index in [1.54, 1.807) is 6.07 Å². The molecule has 102 valence electrons. The molecule has 0 atom stereocenters. The zero-order valence-corrected chi connectivity index (χ0v) is 11.3. The van der Waals surface area contributed by atoms with Crippen molar-refractivity contribution in [1.82, 2.24) is 5.32 Å². The summed E-state index contributed by atoms with van der Waals surface area (Å²) in [5.41, 5.74) is 2.26. The van der Waals surface area contributed by atoms with Gasteiger partial charge in [-0.1, -0.05) is 6.07 Å². The zero-order valence-electron chi connectivity index (χ0n) is 11.3. The molecule has 1 aliphatic rings. The molecule has 0 unspecified atom stereocenters. The van der Waals surface area contributed by atoms with Crippen LogP contribution >= 0.6 is 0 Å². The van der Waals surface area contributed by atoms with Crippen LogP contribution < -0.4 is 5.32 Å². The summed E-state index contributed by atoms with van der Waals surface area (Å²) in [7, 11) is 0. The van der Waals surface area contributed by atoms with E-state index in [2.05, 4.69) is 5.32 Å². The highest BCUT2D eigenvalue weighted by atomic mass is 16.4. The second-order valence-electron chi connectivity index (χ2n) is 5.46. The van der Waals surface area contributed by atoms with Crippen molar-refractivity contribution in [3.63, 3.8) is 0 Å². The second-order valence-corrected chi connectivity index (χ2v) is 5.46. The Morgan fingerprint density at radius 1 is 1.26 bits per heavy atom. The van der Waals surface area contributed by atoms with Crippen molar-refractivity contribution in [3.8, 4) is 0 Å². The molecule has 1 aromatic carbocycles. The molecule has 0 aromatic heterocycles. The molecule has 0 heterocycles. The van der Waals surface area contributed by atoms with Crippen LogP contribution in [0, 0.1) is 13.8 Å². The summed E-state index contributed by atoms with van der Waals surface area (Å²) in [4.78, 5) is 23.1. The number of carbonyl (C=O) groups excluding carboxylic acids is 1. The summed E-state index contributed by atoms with van der Waals surface area (Å²) in [6, 6.07) is 5.54. The van der Waals surface area contributed by atoms with Crippen LogP contribution in [0.3, 0.4) is 0 Å². The minimum absolute atomic E-state index is 0.00356. The van der Waals surface area contributed by atoms with Crippen molar-refractivity contribution in [2.45, 2.75) is 45.1 Å². The molecule has 1 saturated carbocycles. The fourth-order valence-corrected chi connectivity index (χ4v) is 2.43. The third-order valence-electron chi connectivity index (χ3n) is 3.95. The monoisotopic (exact) mass is 261 g/mol. The number of carbonyl (C=O) groups is 2. The van der Waals surface area contributed by atoms with Gasteiger partial charge in [-0.3, -0.25) is 9.59 Å². The number of hydrogen-bond acceptors (Lipinski definition) is 2. The third-order valence-corrected chi connectivity index (χ3v) is 3.95. The summed E-state index contributed by atoms with van der Waals surface area (Å²) in [5.74, 6) is -1.04. The highest BCUT2D eigenvalue weighted by molar-refractivity contribution is 5.95. The van der Waals surface area contributed by atoms with Crippen LogP contribution in [0.4, 0.5) is 0 Å². The molecule has 0 saturated heterocycles. The van der Waals surface area contributed by atoms with Crippen molar-refractivity contribution in [2.75, 3.05) is 0 Å². The lowest BCUT2D eigenvalue weighted by Crippen LogP contribution is -2.54. The largest absolute Gasteiger partial charge is 0.481 e. The van der Waals surface area contributed by atoms with E-state index < -0.39 is 11.5 Å². The summed E-state index contributed by atoms with van der Waals surface area (Å²) in [6.07, 6.45) is 2.47. The van der Waals surface area contributed by atoms with E-state index in [0.717, 1.165) is 30.4 Å². The van der Waals surface area contributed by atoms with Gasteiger partial charge in [0.1, 0.15) is 0 Å². The van der Waals surface area contributed by atoms with Gasteiger partial charge < -0.3 is 10.4 Å². The summed E-state index contributed by atoms with van der Waals surface area (Å²) in [5, 5.41) is 11.8. The molecule has 19 heavy (non-hydrogen) atoms. The molecule has 1 aromatic rings. The standard InChI is InChI=1S/C15H19NO3/c1-10-4-5-12(8-11(10)2)14(19)16-15(6-3-7-15)9-13(17)18/h4-5,8H,3,6-7,9H2,1-2H3,(H,16,19)(H,17,18). The lowest BCUT2D eigenvalue weighted by molar-refractivity contribution is -0.139. The Labute approximate surface area is 112 Å². The van der Waals surface area contributed by atoms with Crippen LogP contribution in [0.2, 0.25) is 0 Å². The lowest BCUT2D eigenvalue weighted by atomic mass is 9.74. The van der Waals surface area contributed by atoms with Crippen molar-refractivity contribution < 1.29 is 14.7 Å². The Hall–Kier alpha value is -1.84. The Kier molecular flexibility index (Phi) is 3.60. The van der Waals surface area contributed by atoms with Gasteiger partial charge in [0.15, 0.2) is 0 Å². The summed E-state index contributed by atoms with van der Waals surface area (Å²) in [6.45, 7) is 3.96. The molecule has 0 bridgehead atoms. The van der Waals surface area contributed by atoms with Crippen molar-refractivity contribution in [3.05, 3.63) is 34.9 Å². The minimum Gasteiger partial charge on any atom is -0.481 e. The predicted octanol–water partition coefficient (Wildman–Crippen LogP) is 2.43. The van der Waals surface area contributed by atoms with Crippen LogP contribution in [0.5, 0.6) is 0 Å². The van der Waals surface area contributed by atoms with E-state index in [1.807, 2.05) is 26.0 Å². The topological polar surface area (TPSA) is 66.4 Å². The van der Waals surface area contributed by atoms with Crippen molar-refractivity contribution in [2.24, 2.45) is 0 Å². The first-order chi connectivity index (χ1) is 8.92. The van der Waals surface area contributed by atoms with Gasteiger partial charge in [-0.25, -0.2) is 0 Å². The second kappa shape index (κ2) is 5.03. The van der Waals surface area contributed by atoms with Crippen LogP contribution in [-0.2, 0) is 4.79 Å². The third kappa shape index (κ3) is 2.95. The Morgan fingerprint density at radius 2 is 1.95 bits per heavy atom. The highest BCUT2D eigenvalue weighted by Crippen LogP contribution is 2.35. The average molecular weight is 261 g/mol. The number of carboxylic acid groups (broad SMARTS) is 1. The summed E-state index contributed by atoms with van der Waals surface area (Å²) >= 11 is 0. The molecule has 0 spiro atoms. The fraction of sp³-hybridized carbons (Fsp3) is 0.467. The molecule has 0 radical (unpaired) electrons. The van der Waals surface area contributed by atoms with Gasteiger partial charge in [-0.15, -0.1) is 0 Å². The van der Waals surface area contributed by atoms with Crippen LogP contribution in [0.15, 0.2) is 18.2 Å². The van der Waals surface area contributed by atoms with Crippen molar-refractivity contribution >= 4 is 11.9 Å². The van der Waals surface area contributed by atoms with Gasteiger partial charge >= 0.3 is 5.97 Å². The summed E-state index contributed by atoms with van der Waals surface area (Å²) < 4.78 is 0. The number of hydrogen-bond donors (Lipinski definition) is 2. The molecule has 1 amide bonds. The Balaban J connectivity index is 2.11. The molecule has 4 heteroatoms. The molecular formula is C15H19NO3. The Morgan fingerprint density at radius 3 is 2.42 bits per heavy atom. The molecular weight excluding hydrogens is 242 g/mol. The number of aliphatic carboxylic acids is 1. The predicted molar refractivity (Wildman–Crippen MR) is 72.2 cm³/mol. The SMILES string of the molecule is Cc1ccc(C(=O)NC2(CC(=O)O)CCC2)cc1C. The van der Waals surface area contributed by atoms with Gasteiger partial charge in [-0.2, -0.15) is 0 Å². The maximum Gasteiger partial charge on any atom is 0.305 e. The number of carboxylic acids is 1. The minimum atomic E-state index is -0.861.